The summed E-state index contributed by atoms with van der Waals surface area (Å²) in [6, 6.07) is 0. The summed E-state index contributed by atoms with van der Waals surface area (Å²) in [6.45, 7) is 2.24. The number of aromatic nitrogens is 2. The van der Waals surface area contributed by atoms with Crippen LogP contribution >= 0.6 is 11.8 Å². The van der Waals surface area contributed by atoms with E-state index in [4.69, 9.17) is 10.2 Å². The van der Waals surface area contributed by atoms with Crippen molar-refractivity contribution in [3.05, 3.63) is 24.0 Å². The molecule has 0 fully saturated rings. The van der Waals surface area contributed by atoms with Crippen molar-refractivity contribution in [2.24, 2.45) is 7.05 Å². The number of unbranched alkanes of at least 4 members (excludes halogenated alkanes) is 10. The number of carboxylic acids is 2. The predicted molar refractivity (Wildman–Crippen MR) is 133 cm³/mol. The molecule has 0 aromatic carbocycles. The lowest BCUT2D eigenvalue weighted by Crippen LogP contribution is -2.22. The van der Waals surface area contributed by atoms with Crippen molar-refractivity contribution in [3.8, 4) is 0 Å². The molecule has 7 nitrogen and oxygen atoms in total. The number of hydrogen-bond donors (Lipinski definition) is 3. The standard InChI is InChI=1S/C25H42N2O5S/c1-3-4-5-6-7-8-9-10-11-12-13-14-15-22(21(28)16-17-23(29)30)33-25-26-19-20(27(25)2)18-24(31)32/h14-15,19,21-22,28H,3-13,16-18H2,1-2H3,(H,29,30)(H,31,32). The molecule has 1 aromatic rings. The summed E-state index contributed by atoms with van der Waals surface area (Å²) in [5.74, 6) is -1.86. The van der Waals surface area contributed by atoms with E-state index in [1.807, 2.05) is 6.08 Å². The molecule has 0 amide bonds. The summed E-state index contributed by atoms with van der Waals surface area (Å²) >= 11 is 1.34. The normalized spacial score (nSPS) is 13.4. The van der Waals surface area contributed by atoms with Crippen LogP contribution in [0, 0.1) is 0 Å². The van der Waals surface area contributed by atoms with Crippen LogP contribution in [0.25, 0.3) is 0 Å². The van der Waals surface area contributed by atoms with E-state index < -0.39 is 18.0 Å². The van der Waals surface area contributed by atoms with Crippen molar-refractivity contribution in [3.63, 3.8) is 0 Å². The average molecular weight is 483 g/mol. The molecule has 0 bridgehead atoms. The van der Waals surface area contributed by atoms with Gasteiger partial charge in [-0.2, -0.15) is 0 Å². The van der Waals surface area contributed by atoms with Crippen LogP contribution in [0.15, 0.2) is 23.5 Å². The second kappa shape index (κ2) is 17.6. The maximum Gasteiger partial charge on any atom is 0.309 e. The van der Waals surface area contributed by atoms with E-state index in [1.165, 1.54) is 75.7 Å². The van der Waals surface area contributed by atoms with E-state index in [9.17, 15) is 14.7 Å². The zero-order valence-corrected chi connectivity index (χ0v) is 21.1. The van der Waals surface area contributed by atoms with Gasteiger partial charge in [0.15, 0.2) is 5.16 Å². The molecule has 33 heavy (non-hydrogen) atoms. The molecule has 2 unspecified atom stereocenters. The fourth-order valence-corrected chi connectivity index (χ4v) is 4.75. The Hall–Kier alpha value is -1.80. The van der Waals surface area contributed by atoms with Crippen molar-refractivity contribution >= 4 is 23.7 Å². The minimum absolute atomic E-state index is 0.102. The summed E-state index contributed by atoms with van der Waals surface area (Å²) in [4.78, 5) is 26.2. The Kier molecular flexibility index (Phi) is 15.6. The van der Waals surface area contributed by atoms with E-state index in [1.54, 1.807) is 11.6 Å². The fourth-order valence-electron chi connectivity index (χ4n) is 3.64. The zero-order chi connectivity index (χ0) is 24.5. The third-order valence-corrected chi connectivity index (χ3v) is 7.03. The maximum atomic E-state index is 11.0. The number of imidazole rings is 1. The average Bonchev–Trinajstić information content (AvgIpc) is 3.10. The number of rotatable bonds is 20. The first-order chi connectivity index (χ1) is 15.8. The second-order valence-corrected chi connectivity index (χ2v) is 9.79. The molecule has 3 N–H and O–H groups in total. The van der Waals surface area contributed by atoms with Crippen LogP contribution in [0.4, 0.5) is 0 Å². The summed E-state index contributed by atoms with van der Waals surface area (Å²) in [5.41, 5.74) is 0.582. The number of aliphatic hydroxyl groups excluding tert-OH is 1. The van der Waals surface area contributed by atoms with Gasteiger partial charge in [0.05, 0.1) is 17.8 Å². The van der Waals surface area contributed by atoms with E-state index >= 15 is 0 Å². The highest BCUT2D eigenvalue weighted by Crippen LogP contribution is 2.28. The summed E-state index contributed by atoms with van der Waals surface area (Å²) in [6.07, 6.45) is 18.4. The summed E-state index contributed by atoms with van der Waals surface area (Å²) in [5, 5.41) is 28.8. The molecular weight excluding hydrogens is 440 g/mol. The monoisotopic (exact) mass is 482 g/mol. The predicted octanol–water partition coefficient (Wildman–Crippen LogP) is 5.60. The Morgan fingerprint density at radius 2 is 1.64 bits per heavy atom. The van der Waals surface area contributed by atoms with Crippen molar-refractivity contribution in [2.75, 3.05) is 0 Å². The van der Waals surface area contributed by atoms with E-state index in [0.717, 1.165) is 12.8 Å². The molecule has 0 radical (unpaired) electrons. The summed E-state index contributed by atoms with van der Waals surface area (Å²) < 4.78 is 1.71. The molecule has 1 aromatic heterocycles. The van der Waals surface area contributed by atoms with Crippen molar-refractivity contribution < 1.29 is 24.9 Å². The van der Waals surface area contributed by atoms with E-state index in [2.05, 4.69) is 18.0 Å². The Labute approximate surface area is 202 Å². The van der Waals surface area contributed by atoms with Gasteiger partial charge < -0.3 is 19.9 Å². The molecule has 0 aliphatic carbocycles. The molecule has 1 rings (SSSR count). The van der Waals surface area contributed by atoms with Crippen molar-refractivity contribution in [1.29, 1.82) is 0 Å². The van der Waals surface area contributed by atoms with Gasteiger partial charge in [0.25, 0.3) is 0 Å². The third kappa shape index (κ3) is 13.5. The van der Waals surface area contributed by atoms with Gasteiger partial charge in [-0.1, -0.05) is 88.6 Å². The number of thioether (sulfide) groups is 1. The smallest absolute Gasteiger partial charge is 0.309 e. The Morgan fingerprint density at radius 3 is 2.21 bits per heavy atom. The number of carbonyl (C=O) groups is 2. The quantitative estimate of drug-likeness (QED) is 0.126. The Morgan fingerprint density at radius 1 is 1.03 bits per heavy atom. The van der Waals surface area contributed by atoms with Crippen LogP contribution in [0.1, 0.15) is 96.1 Å². The molecule has 0 saturated heterocycles. The van der Waals surface area contributed by atoms with Gasteiger partial charge >= 0.3 is 11.9 Å². The lowest BCUT2D eigenvalue weighted by Gasteiger charge is -2.19. The van der Waals surface area contributed by atoms with Gasteiger partial charge in [0.1, 0.15) is 0 Å². The zero-order valence-electron chi connectivity index (χ0n) is 20.2. The highest BCUT2D eigenvalue weighted by molar-refractivity contribution is 8.00. The highest BCUT2D eigenvalue weighted by Gasteiger charge is 2.22. The molecule has 188 valence electrons. The molecular formula is C25H42N2O5S. The van der Waals surface area contributed by atoms with Gasteiger partial charge in [-0.3, -0.25) is 9.59 Å². The SMILES string of the molecule is CCCCCCCCCCCCC=CC(Sc1ncc(CC(=O)O)n1C)C(O)CCC(=O)O. The lowest BCUT2D eigenvalue weighted by molar-refractivity contribution is -0.138. The van der Waals surface area contributed by atoms with Crippen LogP contribution in [-0.4, -0.2) is 48.2 Å². The van der Waals surface area contributed by atoms with Crippen molar-refractivity contribution in [1.82, 2.24) is 9.55 Å². The van der Waals surface area contributed by atoms with Crippen LogP contribution < -0.4 is 0 Å². The number of aliphatic hydroxyl groups is 1. The molecule has 0 aliphatic rings. The first-order valence-corrected chi connectivity index (χ1v) is 13.2. The van der Waals surface area contributed by atoms with E-state index in [-0.39, 0.29) is 24.5 Å². The summed E-state index contributed by atoms with van der Waals surface area (Å²) in [7, 11) is 1.75. The lowest BCUT2D eigenvalue weighted by atomic mass is 10.1. The number of allylic oxidation sites excluding steroid dienone is 1. The minimum atomic E-state index is -0.937. The van der Waals surface area contributed by atoms with Gasteiger partial charge in [0.2, 0.25) is 0 Å². The molecule has 1 heterocycles. The molecule has 0 spiro atoms. The fraction of sp³-hybridized carbons (Fsp3) is 0.720. The third-order valence-electron chi connectivity index (χ3n) is 5.70. The number of carboxylic acid groups (broad SMARTS) is 2. The van der Waals surface area contributed by atoms with E-state index in [0.29, 0.717) is 10.9 Å². The van der Waals surface area contributed by atoms with Gasteiger partial charge in [0, 0.05) is 25.4 Å². The number of hydrogen-bond acceptors (Lipinski definition) is 5. The molecule has 8 heteroatoms. The molecule has 0 saturated carbocycles. The Bertz CT molecular complexity index is 720. The largest absolute Gasteiger partial charge is 0.481 e. The van der Waals surface area contributed by atoms with Crippen LogP contribution in [0.3, 0.4) is 0 Å². The topological polar surface area (TPSA) is 113 Å². The van der Waals surface area contributed by atoms with Gasteiger partial charge in [-0.15, -0.1) is 0 Å². The minimum Gasteiger partial charge on any atom is -0.481 e. The van der Waals surface area contributed by atoms with Crippen molar-refractivity contribution in [2.45, 2.75) is 113 Å². The van der Waals surface area contributed by atoms with Crippen LogP contribution in [0.5, 0.6) is 0 Å². The first kappa shape index (κ1) is 29.2. The van der Waals surface area contributed by atoms with Crippen LogP contribution in [-0.2, 0) is 23.1 Å². The Balaban J connectivity index is 2.48. The second-order valence-electron chi connectivity index (χ2n) is 8.64. The molecule has 0 aliphatic heterocycles. The van der Waals surface area contributed by atoms with Gasteiger partial charge in [-0.25, -0.2) is 4.98 Å². The van der Waals surface area contributed by atoms with Crippen LogP contribution in [0.2, 0.25) is 0 Å². The number of aliphatic carboxylic acids is 2. The maximum absolute atomic E-state index is 11.0. The first-order valence-electron chi connectivity index (χ1n) is 12.3. The molecule has 2 atom stereocenters. The number of nitrogens with zero attached hydrogens (tertiary/aromatic N) is 2. The highest BCUT2D eigenvalue weighted by atomic mass is 32.2. The van der Waals surface area contributed by atoms with Gasteiger partial charge in [-0.05, 0) is 19.3 Å².